The minimum absolute atomic E-state index is 0.230. The Labute approximate surface area is 154 Å². The number of halogens is 1. The molecule has 0 saturated heterocycles. The lowest BCUT2D eigenvalue weighted by Gasteiger charge is -2.07. The molecule has 2 heterocycles. The van der Waals surface area contributed by atoms with Gasteiger partial charge in [0.15, 0.2) is 5.65 Å². The molecule has 0 radical (unpaired) electrons. The molecule has 0 aliphatic heterocycles. The molecule has 0 saturated carbocycles. The van der Waals surface area contributed by atoms with E-state index >= 15 is 0 Å². The van der Waals surface area contributed by atoms with E-state index in [1.165, 1.54) is 18.3 Å². The van der Waals surface area contributed by atoms with E-state index in [9.17, 15) is 9.18 Å². The second kappa shape index (κ2) is 7.41. The molecule has 4 aromatic rings. The summed E-state index contributed by atoms with van der Waals surface area (Å²) < 4.78 is 14.8. The Balaban J connectivity index is 1.50. The van der Waals surface area contributed by atoms with Crippen molar-refractivity contribution < 1.29 is 4.39 Å². The minimum Gasteiger partial charge on any atom is -0.356 e. The van der Waals surface area contributed by atoms with Crippen molar-refractivity contribution in [2.24, 2.45) is 0 Å². The first-order valence-electron chi connectivity index (χ1n) is 8.72. The highest BCUT2D eigenvalue weighted by molar-refractivity contribution is 5.76. The monoisotopic (exact) mass is 363 g/mol. The maximum absolute atomic E-state index is 13.2. The van der Waals surface area contributed by atoms with Gasteiger partial charge in [0, 0.05) is 6.54 Å². The molecule has 0 spiro atoms. The molecule has 2 aromatic heterocycles. The highest BCUT2D eigenvalue weighted by Gasteiger charge is 2.11. The van der Waals surface area contributed by atoms with Crippen LogP contribution in [-0.4, -0.2) is 26.3 Å². The Morgan fingerprint density at radius 3 is 2.78 bits per heavy atom. The zero-order chi connectivity index (χ0) is 18.6. The standard InChI is InChI=1S/C20H18FN5O/c21-15-8-4-6-14(12-15)7-5-11-22-20-24-18-17(19(27)25-20)13-23-26(18)16-9-2-1-3-10-16/h1-4,6,8-10,12-13H,5,7,11H2,(H2,22,24,25,27). The number of para-hydroxylation sites is 1. The van der Waals surface area contributed by atoms with Crippen molar-refractivity contribution >= 4 is 17.0 Å². The summed E-state index contributed by atoms with van der Waals surface area (Å²) in [4.78, 5) is 19.5. The normalized spacial score (nSPS) is 11.0. The number of benzene rings is 2. The van der Waals surface area contributed by atoms with Crippen molar-refractivity contribution in [3.8, 4) is 5.69 Å². The van der Waals surface area contributed by atoms with Crippen LogP contribution in [0, 0.1) is 5.82 Å². The van der Waals surface area contributed by atoms with Gasteiger partial charge in [0.25, 0.3) is 5.56 Å². The van der Waals surface area contributed by atoms with Crippen LogP contribution < -0.4 is 10.9 Å². The van der Waals surface area contributed by atoms with E-state index < -0.39 is 0 Å². The topological polar surface area (TPSA) is 75.6 Å². The van der Waals surface area contributed by atoms with E-state index in [1.807, 2.05) is 36.4 Å². The number of hydrogen-bond donors (Lipinski definition) is 2. The summed E-state index contributed by atoms with van der Waals surface area (Å²) in [6, 6.07) is 16.1. The van der Waals surface area contributed by atoms with Crippen LogP contribution in [-0.2, 0) is 6.42 Å². The van der Waals surface area contributed by atoms with Gasteiger partial charge < -0.3 is 5.32 Å². The van der Waals surface area contributed by atoms with Crippen LogP contribution in [0.4, 0.5) is 10.3 Å². The lowest BCUT2D eigenvalue weighted by Crippen LogP contribution is -2.14. The average Bonchev–Trinajstić information content (AvgIpc) is 3.11. The summed E-state index contributed by atoms with van der Waals surface area (Å²) in [5.41, 5.74) is 2.03. The Hall–Kier alpha value is -3.48. The molecule has 0 aliphatic carbocycles. The van der Waals surface area contributed by atoms with Crippen LogP contribution in [0.25, 0.3) is 16.7 Å². The minimum atomic E-state index is -0.241. The zero-order valence-corrected chi connectivity index (χ0v) is 14.5. The summed E-state index contributed by atoms with van der Waals surface area (Å²) in [6.45, 7) is 0.602. The van der Waals surface area contributed by atoms with E-state index in [4.69, 9.17) is 0 Å². The maximum atomic E-state index is 13.2. The lowest BCUT2D eigenvalue weighted by molar-refractivity contribution is 0.624. The SMILES string of the molecule is O=c1[nH]c(NCCCc2cccc(F)c2)nc2c1cnn2-c1ccccc1. The van der Waals surface area contributed by atoms with Gasteiger partial charge in [0.2, 0.25) is 5.95 Å². The van der Waals surface area contributed by atoms with Crippen LogP contribution in [0.1, 0.15) is 12.0 Å². The Morgan fingerprint density at radius 1 is 1.11 bits per heavy atom. The number of anilines is 1. The number of H-pyrrole nitrogens is 1. The number of hydrogen-bond acceptors (Lipinski definition) is 4. The summed E-state index contributed by atoms with van der Waals surface area (Å²) in [5, 5.41) is 7.85. The average molecular weight is 363 g/mol. The van der Waals surface area contributed by atoms with E-state index in [0.29, 0.717) is 23.5 Å². The molecule has 0 bridgehead atoms. The van der Waals surface area contributed by atoms with Gasteiger partial charge in [-0.3, -0.25) is 9.78 Å². The molecule has 136 valence electrons. The van der Waals surface area contributed by atoms with Crippen LogP contribution in [0.5, 0.6) is 0 Å². The number of aryl methyl sites for hydroxylation is 1. The van der Waals surface area contributed by atoms with Crippen molar-refractivity contribution in [3.05, 3.63) is 82.5 Å². The highest BCUT2D eigenvalue weighted by Crippen LogP contribution is 2.14. The molecule has 0 amide bonds. The van der Waals surface area contributed by atoms with Crippen molar-refractivity contribution in [2.75, 3.05) is 11.9 Å². The summed E-state index contributed by atoms with van der Waals surface area (Å²) >= 11 is 0. The summed E-state index contributed by atoms with van der Waals surface area (Å²) in [7, 11) is 0. The fraction of sp³-hybridized carbons (Fsp3) is 0.150. The maximum Gasteiger partial charge on any atom is 0.263 e. The lowest BCUT2D eigenvalue weighted by atomic mass is 10.1. The van der Waals surface area contributed by atoms with Crippen LogP contribution in [0.2, 0.25) is 0 Å². The van der Waals surface area contributed by atoms with Gasteiger partial charge in [-0.2, -0.15) is 10.1 Å². The molecule has 6 nitrogen and oxygen atoms in total. The fourth-order valence-electron chi connectivity index (χ4n) is 2.95. The third-order valence-electron chi connectivity index (χ3n) is 4.26. The van der Waals surface area contributed by atoms with Gasteiger partial charge in [-0.05, 0) is 42.7 Å². The molecule has 7 heteroatoms. The van der Waals surface area contributed by atoms with Crippen molar-refractivity contribution in [1.82, 2.24) is 19.7 Å². The second-order valence-electron chi connectivity index (χ2n) is 6.20. The van der Waals surface area contributed by atoms with Gasteiger partial charge in [0.1, 0.15) is 11.2 Å². The largest absolute Gasteiger partial charge is 0.356 e. The zero-order valence-electron chi connectivity index (χ0n) is 14.5. The van der Waals surface area contributed by atoms with Crippen molar-refractivity contribution in [1.29, 1.82) is 0 Å². The highest BCUT2D eigenvalue weighted by atomic mass is 19.1. The number of nitrogens with zero attached hydrogens (tertiary/aromatic N) is 3. The molecule has 0 fully saturated rings. The van der Waals surface area contributed by atoms with E-state index in [1.54, 1.807) is 10.7 Å². The Bertz CT molecular complexity index is 1120. The third kappa shape index (κ3) is 3.72. The van der Waals surface area contributed by atoms with E-state index in [-0.39, 0.29) is 11.4 Å². The number of rotatable bonds is 6. The van der Waals surface area contributed by atoms with Crippen LogP contribution in [0.15, 0.2) is 65.6 Å². The first-order chi connectivity index (χ1) is 13.2. The molecule has 2 aromatic carbocycles. The smallest absolute Gasteiger partial charge is 0.263 e. The molecule has 2 N–H and O–H groups in total. The molecule has 4 rings (SSSR count). The van der Waals surface area contributed by atoms with Gasteiger partial charge in [0.05, 0.1) is 11.9 Å². The van der Waals surface area contributed by atoms with Crippen molar-refractivity contribution in [2.45, 2.75) is 12.8 Å². The predicted molar refractivity (Wildman–Crippen MR) is 103 cm³/mol. The molecular weight excluding hydrogens is 345 g/mol. The quantitative estimate of drug-likeness (QED) is 0.516. The molecular formula is C20H18FN5O. The first kappa shape index (κ1) is 17.0. The van der Waals surface area contributed by atoms with Gasteiger partial charge in [-0.15, -0.1) is 0 Å². The molecule has 0 unspecified atom stereocenters. The number of aromatic amines is 1. The van der Waals surface area contributed by atoms with Crippen LogP contribution in [0.3, 0.4) is 0 Å². The van der Waals surface area contributed by atoms with Gasteiger partial charge >= 0.3 is 0 Å². The fourth-order valence-corrected chi connectivity index (χ4v) is 2.95. The molecule has 27 heavy (non-hydrogen) atoms. The second-order valence-corrected chi connectivity index (χ2v) is 6.20. The molecule has 0 atom stereocenters. The van der Waals surface area contributed by atoms with E-state index in [2.05, 4.69) is 20.4 Å². The third-order valence-corrected chi connectivity index (χ3v) is 4.26. The van der Waals surface area contributed by atoms with Crippen LogP contribution >= 0.6 is 0 Å². The summed E-state index contributed by atoms with van der Waals surface area (Å²) in [5.74, 6) is 0.163. The first-order valence-corrected chi connectivity index (χ1v) is 8.72. The Morgan fingerprint density at radius 2 is 1.96 bits per heavy atom. The van der Waals surface area contributed by atoms with Gasteiger partial charge in [-0.25, -0.2) is 9.07 Å². The number of fused-ring (bicyclic) bond motifs is 1. The van der Waals surface area contributed by atoms with Gasteiger partial charge in [-0.1, -0.05) is 30.3 Å². The summed E-state index contributed by atoms with van der Waals surface area (Å²) in [6.07, 6.45) is 3.03. The molecule has 0 aliphatic rings. The van der Waals surface area contributed by atoms with Crippen molar-refractivity contribution in [3.63, 3.8) is 0 Å². The Kier molecular flexibility index (Phi) is 4.65. The van der Waals surface area contributed by atoms with E-state index in [0.717, 1.165) is 24.1 Å². The number of aromatic nitrogens is 4. The number of nitrogens with one attached hydrogen (secondary N) is 2. The predicted octanol–water partition coefficient (Wildman–Crippen LogP) is 3.29.